The Morgan fingerprint density at radius 1 is 0.864 bits per heavy atom. The molecular weight excluding hydrogens is 268 g/mol. The molecule has 0 fully saturated rings. The number of aliphatic imine (C=N–C) groups is 1. The van der Waals surface area contributed by atoms with E-state index in [4.69, 9.17) is 0 Å². The second-order valence-electron chi connectivity index (χ2n) is 5.57. The first-order valence-electron chi connectivity index (χ1n) is 7.60. The molecule has 0 N–H and O–H groups in total. The molecule has 2 nitrogen and oxygen atoms in total. The molecule has 0 bridgehead atoms. The summed E-state index contributed by atoms with van der Waals surface area (Å²) in [4.78, 5) is 6.63. The van der Waals surface area contributed by atoms with Crippen molar-refractivity contribution in [3.05, 3.63) is 83.6 Å². The molecule has 0 heterocycles. The first-order valence-corrected chi connectivity index (χ1v) is 7.60. The summed E-state index contributed by atoms with van der Waals surface area (Å²) in [6.45, 7) is 0. The van der Waals surface area contributed by atoms with E-state index in [1.54, 1.807) is 0 Å². The van der Waals surface area contributed by atoms with Crippen molar-refractivity contribution in [2.45, 2.75) is 12.8 Å². The Bertz CT molecular complexity index is 625. The molecule has 0 aliphatic heterocycles. The predicted octanol–water partition coefficient (Wildman–Crippen LogP) is 3.99. The van der Waals surface area contributed by atoms with Gasteiger partial charge in [-0.1, -0.05) is 60.7 Å². The maximum Gasteiger partial charge on any atom is 0.0406 e. The van der Waals surface area contributed by atoms with Gasteiger partial charge in [0.05, 0.1) is 0 Å². The third-order valence-corrected chi connectivity index (χ3v) is 3.65. The van der Waals surface area contributed by atoms with Gasteiger partial charge in [0.1, 0.15) is 0 Å². The highest BCUT2D eigenvalue weighted by Crippen LogP contribution is 2.12. The maximum absolute atomic E-state index is 4.46. The van der Waals surface area contributed by atoms with Crippen molar-refractivity contribution in [2.24, 2.45) is 4.99 Å². The van der Waals surface area contributed by atoms with Crippen LogP contribution < -0.4 is 0 Å². The second kappa shape index (κ2) is 8.18. The second-order valence-corrected chi connectivity index (χ2v) is 5.57. The van der Waals surface area contributed by atoms with Crippen LogP contribution in [-0.4, -0.2) is 31.8 Å². The van der Waals surface area contributed by atoms with E-state index in [0.29, 0.717) is 0 Å². The van der Waals surface area contributed by atoms with Gasteiger partial charge in [0.15, 0.2) is 0 Å². The van der Waals surface area contributed by atoms with E-state index in [9.17, 15) is 0 Å². The summed E-state index contributed by atoms with van der Waals surface area (Å²) in [5.41, 5.74) is 4.98. The van der Waals surface area contributed by atoms with Crippen LogP contribution in [0.5, 0.6) is 0 Å². The lowest BCUT2D eigenvalue weighted by atomic mass is 10.0. The lowest BCUT2D eigenvalue weighted by Gasteiger charge is -2.18. The van der Waals surface area contributed by atoms with Gasteiger partial charge in [-0.3, -0.25) is 4.99 Å². The van der Waals surface area contributed by atoms with Crippen LogP contribution in [0.2, 0.25) is 0 Å². The van der Waals surface area contributed by atoms with Crippen LogP contribution in [0.25, 0.3) is 0 Å². The van der Waals surface area contributed by atoms with Crippen LogP contribution in [0, 0.1) is 0 Å². The van der Waals surface area contributed by atoms with E-state index in [1.807, 2.05) is 13.1 Å². The third-order valence-electron chi connectivity index (χ3n) is 3.65. The third kappa shape index (κ3) is 4.88. The molecule has 0 aliphatic carbocycles. The summed E-state index contributed by atoms with van der Waals surface area (Å²) >= 11 is 0. The molecule has 0 aliphatic rings. The molecule has 0 radical (unpaired) electrons. The van der Waals surface area contributed by atoms with Gasteiger partial charge < -0.3 is 4.90 Å². The van der Waals surface area contributed by atoms with Gasteiger partial charge >= 0.3 is 0 Å². The number of rotatable bonds is 6. The zero-order chi connectivity index (χ0) is 15.8. The molecule has 2 rings (SSSR count). The molecule has 0 spiro atoms. The Kier molecular flexibility index (Phi) is 5.96. The van der Waals surface area contributed by atoms with Crippen LogP contribution in [-0.2, 0) is 12.8 Å². The van der Waals surface area contributed by atoms with Crippen LogP contribution in [0.15, 0.2) is 77.4 Å². The van der Waals surface area contributed by atoms with Gasteiger partial charge in [-0.25, -0.2) is 0 Å². The zero-order valence-electron chi connectivity index (χ0n) is 13.7. The average molecular weight is 292 g/mol. The van der Waals surface area contributed by atoms with E-state index in [1.165, 1.54) is 16.8 Å². The molecule has 0 atom stereocenters. The maximum atomic E-state index is 4.46. The lowest BCUT2D eigenvalue weighted by Crippen LogP contribution is -2.15. The fourth-order valence-corrected chi connectivity index (χ4v) is 2.34. The van der Waals surface area contributed by atoms with E-state index >= 15 is 0 Å². The minimum atomic E-state index is 0.865. The van der Waals surface area contributed by atoms with E-state index < -0.39 is 0 Å². The Morgan fingerprint density at radius 3 is 1.82 bits per heavy atom. The SMILES string of the molecule is CN=C(/C=C(/Cc1ccccc1)N(C)C)Cc1ccccc1. The Labute approximate surface area is 133 Å². The molecule has 2 heteroatoms. The molecule has 0 saturated heterocycles. The van der Waals surface area contributed by atoms with Crippen molar-refractivity contribution in [3.63, 3.8) is 0 Å². The van der Waals surface area contributed by atoms with Crippen molar-refractivity contribution in [1.29, 1.82) is 0 Å². The lowest BCUT2D eigenvalue weighted by molar-refractivity contribution is 0.499. The largest absolute Gasteiger partial charge is 0.381 e. The van der Waals surface area contributed by atoms with E-state index in [2.05, 4.69) is 84.7 Å². The summed E-state index contributed by atoms with van der Waals surface area (Å²) in [5.74, 6) is 0. The minimum absolute atomic E-state index is 0.865. The quantitative estimate of drug-likeness (QED) is 0.735. The summed E-state index contributed by atoms with van der Waals surface area (Å²) in [7, 11) is 6.04. The number of benzene rings is 2. The summed E-state index contributed by atoms with van der Waals surface area (Å²) in [6.07, 6.45) is 3.99. The molecule has 0 unspecified atom stereocenters. The highest BCUT2D eigenvalue weighted by molar-refractivity contribution is 5.97. The first-order chi connectivity index (χ1) is 10.7. The fourth-order valence-electron chi connectivity index (χ4n) is 2.34. The molecule has 114 valence electrons. The van der Waals surface area contributed by atoms with Gasteiger partial charge in [-0.15, -0.1) is 0 Å². The smallest absolute Gasteiger partial charge is 0.0406 e. The van der Waals surface area contributed by atoms with Gasteiger partial charge in [0.2, 0.25) is 0 Å². The average Bonchev–Trinajstić information content (AvgIpc) is 2.55. The molecular formula is C20H24N2. The normalized spacial score (nSPS) is 12.3. The number of hydrogen-bond acceptors (Lipinski definition) is 2. The van der Waals surface area contributed by atoms with Gasteiger partial charge in [0.25, 0.3) is 0 Å². The topological polar surface area (TPSA) is 15.6 Å². The van der Waals surface area contributed by atoms with E-state index in [-0.39, 0.29) is 0 Å². The van der Waals surface area contributed by atoms with Crippen LogP contribution >= 0.6 is 0 Å². The standard InChI is InChI=1S/C20H24N2/c1-21-19(14-17-10-6-4-7-11-17)16-20(22(2)3)15-18-12-8-5-9-13-18/h4-13,16H,14-15H2,1-3H3/b20-16-,21-19?. The Morgan fingerprint density at radius 2 is 1.36 bits per heavy atom. The van der Waals surface area contributed by atoms with Crippen LogP contribution in [0.1, 0.15) is 11.1 Å². The zero-order valence-corrected chi connectivity index (χ0v) is 13.7. The van der Waals surface area contributed by atoms with Crippen molar-refractivity contribution < 1.29 is 0 Å². The van der Waals surface area contributed by atoms with Gasteiger partial charge in [0, 0.05) is 45.4 Å². The highest BCUT2D eigenvalue weighted by atomic mass is 15.1. The molecule has 0 amide bonds. The Hall–Kier alpha value is -2.35. The molecule has 0 saturated carbocycles. The van der Waals surface area contributed by atoms with Gasteiger partial charge in [-0.2, -0.15) is 0 Å². The van der Waals surface area contributed by atoms with Crippen molar-refractivity contribution in [2.75, 3.05) is 21.1 Å². The number of nitrogens with zero attached hydrogens (tertiary/aromatic N) is 2. The first kappa shape index (κ1) is 16.0. The molecule has 0 aromatic heterocycles. The summed E-state index contributed by atoms with van der Waals surface area (Å²) in [6, 6.07) is 21.0. The predicted molar refractivity (Wildman–Crippen MR) is 95.4 cm³/mol. The highest BCUT2D eigenvalue weighted by Gasteiger charge is 2.05. The monoisotopic (exact) mass is 292 g/mol. The number of allylic oxidation sites excluding steroid dienone is 2. The van der Waals surface area contributed by atoms with E-state index in [0.717, 1.165) is 18.6 Å². The minimum Gasteiger partial charge on any atom is -0.381 e. The van der Waals surface area contributed by atoms with Crippen molar-refractivity contribution in [3.8, 4) is 0 Å². The summed E-state index contributed by atoms with van der Waals surface area (Å²) in [5, 5.41) is 0. The van der Waals surface area contributed by atoms with Crippen molar-refractivity contribution >= 4 is 5.71 Å². The van der Waals surface area contributed by atoms with Crippen molar-refractivity contribution in [1.82, 2.24) is 4.90 Å². The van der Waals surface area contributed by atoms with Crippen LogP contribution in [0.3, 0.4) is 0 Å². The number of likely N-dealkylation sites (N-methyl/N-ethyl adjacent to an activating group) is 1. The molecule has 2 aromatic carbocycles. The Balaban J connectivity index is 2.17. The summed E-state index contributed by atoms with van der Waals surface area (Å²) < 4.78 is 0. The van der Waals surface area contributed by atoms with Crippen LogP contribution in [0.4, 0.5) is 0 Å². The number of hydrogen-bond donors (Lipinski definition) is 0. The van der Waals surface area contributed by atoms with Gasteiger partial charge in [-0.05, 0) is 17.2 Å². The molecule has 22 heavy (non-hydrogen) atoms. The molecule has 2 aromatic rings. The fraction of sp³-hybridized carbons (Fsp3) is 0.250.